The minimum absolute atomic E-state index is 0.311. The van der Waals surface area contributed by atoms with Gasteiger partial charge >= 0.3 is 5.97 Å². The van der Waals surface area contributed by atoms with E-state index in [1.54, 1.807) is 6.07 Å². The van der Waals surface area contributed by atoms with Gasteiger partial charge in [-0.1, -0.05) is 6.07 Å². The van der Waals surface area contributed by atoms with Crippen LogP contribution in [-0.2, 0) is 6.42 Å². The molecule has 0 aliphatic heterocycles. The molecular formula is C11H9FO2. The second-order valence-corrected chi connectivity index (χ2v) is 2.82. The summed E-state index contributed by atoms with van der Waals surface area (Å²) in [6, 6.07) is 4.04. The summed E-state index contributed by atoms with van der Waals surface area (Å²) < 4.78 is 13.1. The van der Waals surface area contributed by atoms with Crippen LogP contribution in [0.4, 0.5) is 4.39 Å². The Hall–Kier alpha value is -1.82. The number of aryl methyl sites for hydroxylation is 1. The summed E-state index contributed by atoms with van der Waals surface area (Å²) in [5.74, 6) is 0.460. The van der Waals surface area contributed by atoms with Crippen molar-refractivity contribution in [2.75, 3.05) is 0 Å². The predicted molar refractivity (Wildman–Crippen MR) is 50.5 cm³/mol. The number of rotatable bonds is 3. The second-order valence-electron chi connectivity index (χ2n) is 2.82. The van der Waals surface area contributed by atoms with E-state index in [0.717, 1.165) is 0 Å². The number of halogens is 1. The summed E-state index contributed by atoms with van der Waals surface area (Å²) in [5, 5.41) is 8.56. The summed E-state index contributed by atoms with van der Waals surface area (Å²) in [6.07, 6.45) is 6.14. The smallest absolute Gasteiger partial charge is 0.338 e. The van der Waals surface area contributed by atoms with Crippen molar-refractivity contribution in [3.63, 3.8) is 0 Å². The maximum Gasteiger partial charge on any atom is 0.338 e. The van der Waals surface area contributed by atoms with E-state index in [-0.39, 0.29) is 5.56 Å². The zero-order valence-corrected chi connectivity index (χ0v) is 7.46. The normalized spacial score (nSPS) is 9.43. The highest BCUT2D eigenvalue weighted by molar-refractivity contribution is 5.87. The quantitative estimate of drug-likeness (QED) is 0.744. The Kier molecular flexibility index (Phi) is 3.24. The lowest BCUT2D eigenvalue weighted by Gasteiger charge is -2.00. The van der Waals surface area contributed by atoms with Crippen molar-refractivity contribution in [3.8, 4) is 12.3 Å². The lowest BCUT2D eigenvalue weighted by atomic mass is 10.1. The van der Waals surface area contributed by atoms with Gasteiger partial charge in [-0.05, 0) is 24.1 Å². The van der Waals surface area contributed by atoms with E-state index in [1.165, 1.54) is 12.1 Å². The Morgan fingerprint density at radius 1 is 1.57 bits per heavy atom. The Labute approximate surface area is 81.4 Å². The predicted octanol–water partition coefficient (Wildman–Crippen LogP) is 2.09. The lowest BCUT2D eigenvalue weighted by molar-refractivity contribution is 0.0692. The van der Waals surface area contributed by atoms with Gasteiger partial charge in [0.15, 0.2) is 0 Å². The van der Waals surface area contributed by atoms with Crippen molar-refractivity contribution in [1.29, 1.82) is 0 Å². The molecule has 1 rings (SSSR count). The second kappa shape index (κ2) is 4.43. The van der Waals surface area contributed by atoms with Crippen LogP contribution in [0, 0.1) is 18.2 Å². The topological polar surface area (TPSA) is 37.3 Å². The summed E-state index contributed by atoms with van der Waals surface area (Å²) >= 11 is 0. The monoisotopic (exact) mass is 192 g/mol. The van der Waals surface area contributed by atoms with Crippen LogP contribution in [0.2, 0.25) is 0 Å². The Balaban J connectivity index is 2.90. The number of carbonyl (C=O) groups is 1. The maximum atomic E-state index is 13.1. The minimum atomic E-state index is -1.26. The van der Waals surface area contributed by atoms with Crippen LogP contribution in [0.3, 0.4) is 0 Å². The van der Waals surface area contributed by atoms with E-state index < -0.39 is 11.8 Å². The third-order valence-electron chi connectivity index (χ3n) is 1.82. The molecule has 0 saturated heterocycles. The highest BCUT2D eigenvalue weighted by atomic mass is 19.1. The van der Waals surface area contributed by atoms with Gasteiger partial charge in [0.25, 0.3) is 0 Å². The van der Waals surface area contributed by atoms with Crippen LogP contribution < -0.4 is 0 Å². The average molecular weight is 192 g/mol. The highest BCUT2D eigenvalue weighted by Crippen LogP contribution is 2.11. The van der Waals surface area contributed by atoms with Crippen LogP contribution in [0.5, 0.6) is 0 Å². The molecule has 2 nitrogen and oxygen atoms in total. The molecule has 72 valence electrons. The molecule has 0 saturated carbocycles. The van der Waals surface area contributed by atoms with Gasteiger partial charge in [-0.25, -0.2) is 9.18 Å². The first-order valence-corrected chi connectivity index (χ1v) is 4.10. The van der Waals surface area contributed by atoms with Gasteiger partial charge in [0, 0.05) is 6.42 Å². The van der Waals surface area contributed by atoms with Crippen molar-refractivity contribution in [1.82, 2.24) is 0 Å². The van der Waals surface area contributed by atoms with E-state index >= 15 is 0 Å². The van der Waals surface area contributed by atoms with Crippen LogP contribution in [0.1, 0.15) is 22.3 Å². The molecule has 0 unspecified atom stereocenters. The zero-order chi connectivity index (χ0) is 10.6. The van der Waals surface area contributed by atoms with Crippen molar-refractivity contribution in [2.24, 2.45) is 0 Å². The van der Waals surface area contributed by atoms with Crippen LogP contribution in [-0.4, -0.2) is 11.1 Å². The highest BCUT2D eigenvalue weighted by Gasteiger charge is 2.09. The standard InChI is InChI=1S/C11H9FO2/c1-2-3-4-8-5-6-9(11(13)14)10(12)7-8/h1,5-7H,3-4H2,(H,13,14). The lowest BCUT2D eigenvalue weighted by Crippen LogP contribution is -2.01. The summed E-state index contributed by atoms with van der Waals surface area (Å²) in [5.41, 5.74) is 0.403. The number of terminal acetylenes is 1. The first-order chi connectivity index (χ1) is 6.65. The first-order valence-electron chi connectivity index (χ1n) is 4.10. The Bertz CT molecular complexity index is 391. The molecule has 0 amide bonds. The molecule has 1 aromatic carbocycles. The summed E-state index contributed by atoms with van der Waals surface area (Å²) in [4.78, 5) is 10.5. The molecule has 0 fully saturated rings. The third kappa shape index (κ3) is 2.33. The van der Waals surface area contributed by atoms with Crippen molar-refractivity contribution in [3.05, 3.63) is 35.1 Å². The van der Waals surface area contributed by atoms with Crippen LogP contribution in [0.25, 0.3) is 0 Å². The summed E-state index contributed by atoms with van der Waals surface area (Å²) in [6.45, 7) is 0. The molecule has 0 spiro atoms. The minimum Gasteiger partial charge on any atom is -0.478 e. The molecule has 0 bridgehead atoms. The van der Waals surface area contributed by atoms with Gasteiger partial charge in [0.2, 0.25) is 0 Å². The van der Waals surface area contributed by atoms with E-state index in [0.29, 0.717) is 18.4 Å². The van der Waals surface area contributed by atoms with Gasteiger partial charge in [-0.2, -0.15) is 0 Å². The third-order valence-corrected chi connectivity index (χ3v) is 1.82. The number of carboxylic acids is 1. The molecule has 14 heavy (non-hydrogen) atoms. The van der Waals surface area contributed by atoms with E-state index in [4.69, 9.17) is 11.5 Å². The largest absolute Gasteiger partial charge is 0.478 e. The van der Waals surface area contributed by atoms with Crippen molar-refractivity contribution < 1.29 is 14.3 Å². The molecule has 0 atom stereocenters. The fourth-order valence-electron chi connectivity index (χ4n) is 1.10. The molecule has 0 aliphatic carbocycles. The van der Waals surface area contributed by atoms with Gasteiger partial charge in [0.05, 0.1) is 5.56 Å². The molecule has 0 heterocycles. The van der Waals surface area contributed by atoms with Gasteiger partial charge in [0.1, 0.15) is 5.82 Å². The maximum absolute atomic E-state index is 13.1. The number of benzene rings is 1. The Morgan fingerprint density at radius 3 is 2.79 bits per heavy atom. The number of carboxylic acid groups (broad SMARTS) is 1. The molecule has 1 N–H and O–H groups in total. The fraction of sp³-hybridized carbons (Fsp3) is 0.182. The van der Waals surface area contributed by atoms with Gasteiger partial charge in [-0.3, -0.25) is 0 Å². The number of hydrogen-bond donors (Lipinski definition) is 1. The van der Waals surface area contributed by atoms with Gasteiger partial charge < -0.3 is 5.11 Å². The zero-order valence-electron chi connectivity index (χ0n) is 7.46. The van der Waals surface area contributed by atoms with Crippen molar-refractivity contribution >= 4 is 5.97 Å². The molecule has 1 aromatic rings. The first kappa shape index (κ1) is 10.3. The summed E-state index contributed by atoms with van der Waals surface area (Å²) in [7, 11) is 0. The van der Waals surface area contributed by atoms with Crippen LogP contribution in [0.15, 0.2) is 18.2 Å². The average Bonchev–Trinajstić information content (AvgIpc) is 2.14. The molecular weight excluding hydrogens is 183 g/mol. The molecule has 3 heteroatoms. The van der Waals surface area contributed by atoms with Gasteiger partial charge in [-0.15, -0.1) is 12.3 Å². The Morgan fingerprint density at radius 2 is 2.29 bits per heavy atom. The number of hydrogen-bond acceptors (Lipinski definition) is 1. The SMILES string of the molecule is C#CCCc1ccc(C(=O)O)c(F)c1. The van der Waals surface area contributed by atoms with E-state index in [2.05, 4.69) is 5.92 Å². The van der Waals surface area contributed by atoms with E-state index in [9.17, 15) is 9.18 Å². The van der Waals surface area contributed by atoms with E-state index in [1.807, 2.05) is 0 Å². The number of aromatic carboxylic acids is 1. The molecule has 0 radical (unpaired) electrons. The molecule has 0 aromatic heterocycles. The van der Waals surface area contributed by atoms with Crippen LogP contribution >= 0.6 is 0 Å². The fourth-order valence-corrected chi connectivity index (χ4v) is 1.10. The van der Waals surface area contributed by atoms with Crippen molar-refractivity contribution in [2.45, 2.75) is 12.8 Å². The molecule has 0 aliphatic rings.